The summed E-state index contributed by atoms with van der Waals surface area (Å²) >= 11 is 0. The van der Waals surface area contributed by atoms with Gasteiger partial charge in [0.15, 0.2) is 0 Å². The molecule has 0 rings (SSSR count). The van der Waals surface area contributed by atoms with E-state index in [1.807, 2.05) is 0 Å². The maximum atomic E-state index is 2.68. The molecule has 0 aliphatic heterocycles. The van der Waals surface area contributed by atoms with Crippen LogP contribution in [0, 0.1) is 0 Å². The maximum Gasteiger partial charge on any atom is -0.00837 e. The first-order valence-corrected chi connectivity index (χ1v) is 3.63. The average molecular weight is 126 g/mol. The molecule has 0 nitrogen and oxygen atoms in total. The van der Waals surface area contributed by atoms with E-state index in [1.165, 1.54) is 0 Å². The van der Waals surface area contributed by atoms with Crippen LogP contribution in [0.15, 0.2) is 0 Å². The van der Waals surface area contributed by atoms with E-state index in [0.717, 1.165) is 6.16 Å². The first-order chi connectivity index (χ1) is 2.27. The van der Waals surface area contributed by atoms with E-state index in [9.17, 15) is 0 Å². The maximum absolute atomic E-state index is 2.68. The summed E-state index contributed by atoms with van der Waals surface area (Å²) in [6, 6.07) is 0. The number of hydrogen-bond acceptors (Lipinski definition) is 0. The highest BCUT2D eigenvalue weighted by molar-refractivity contribution is 7.39. The van der Waals surface area contributed by atoms with Gasteiger partial charge in [-0.25, -0.2) is 0 Å². The van der Waals surface area contributed by atoms with Gasteiger partial charge in [-0.15, -0.1) is 27.7 Å². The zero-order valence-electron chi connectivity index (χ0n) is 3.02. The van der Waals surface area contributed by atoms with Crippen molar-refractivity contribution in [3.63, 3.8) is 0 Å². The molecule has 0 N–H and O–H groups in total. The Morgan fingerprint density at radius 3 is 1.60 bits per heavy atom. The topological polar surface area (TPSA) is 0 Å². The smallest absolute Gasteiger partial charge is 0.00837 e. The van der Waals surface area contributed by atoms with Crippen molar-refractivity contribution in [2.24, 2.45) is 0 Å². The van der Waals surface area contributed by atoms with Gasteiger partial charge >= 0.3 is 0 Å². The van der Waals surface area contributed by atoms with Gasteiger partial charge in [-0.3, -0.25) is 0 Å². The van der Waals surface area contributed by atoms with Crippen LogP contribution in [0.2, 0.25) is 0 Å². The van der Waals surface area contributed by atoms with E-state index in [1.54, 1.807) is 0 Å². The molecule has 5 heavy (non-hydrogen) atoms. The lowest BCUT2D eigenvalue weighted by Gasteiger charge is -1.90. The lowest BCUT2D eigenvalue weighted by atomic mass is 10.9. The van der Waals surface area contributed by atoms with Crippen molar-refractivity contribution >= 4 is 27.7 Å². The molecule has 0 bridgehead atoms. The van der Waals surface area contributed by atoms with Gasteiger partial charge in [-0.1, -0.05) is 0 Å². The molecule has 0 radical (unpaired) electrons. The second kappa shape index (κ2) is 3.48. The van der Waals surface area contributed by atoms with Crippen molar-refractivity contribution in [2.45, 2.75) is 5.40 Å². The Morgan fingerprint density at radius 1 is 1.40 bits per heavy atom. The SMILES string of the molecule is PCC(P)P. The highest BCUT2D eigenvalue weighted by Crippen LogP contribution is 2.09. The Labute approximate surface area is 40.1 Å². The number of rotatable bonds is 1. The van der Waals surface area contributed by atoms with Gasteiger partial charge < -0.3 is 0 Å². The molecule has 0 spiro atoms. The molecule has 0 aliphatic rings. The molecule has 3 atom stereocenters. The summed E-state index contributed by atoms with van der Waals surface area (Å²) in [6.07, 6.45) is 1.15. The molecule has 3 heteroatoms. The zero-order valence-corrected chi connectivity index (χ0v) is 6.48. The summed E-state index contributed by atoms with van der Waals surface area (Å²) in [5.74, 6) is 0. The third-order valence-corrected chi connectivity index (χ3v) is 2.45. The third-order valence-electron chi connectivity index (χ3n) is 0.272. The second-order valence-electron chi connectivity index (χ2n) is 0.900. The second-order valence-corrected chi connectivity index (χ2v) is 3.85. The van der Waals surface area contributed by atoms with E-state index in [-0.39, 0.29) is 0 Å². The van der Waals surface area contributed by atoms with Crippen molar-refractivity contribution in [3.8, 4) is 0 Å². The van der Waals surface area contributed by atoms with Crippen molar-refractivity contribution in [2.75, 3.05) is 6.16 Å². The minimum Gasteiger partial charge on any atom is -0.137 e. The molecule has 0 saturated carbocycles. The summed E-state index contributed by atoms with van der Waals surface area (Å²) in [6.45, 7) is 0. The minimum absolute atomic E-state index is 0.681. The lowest BCUT2D eigenvalue weighted by Crippen LogP contribution is -1.79. The largest absolute Gasteiger partial charge is 0.137 e. The zero-order chi connectivity index (χ0) is 4.28. The Hall–Kier alpha value is 1.29. The molecule has 32 valence electrons. The van der Waals surface area contributed by atoms with E-state index >= 15 is 0 Å². The van der Waals surface area contributed by atoms with Gasteiger partial charge in [0, 0.05) is 0 Å². The molecular weight excluding hydrogens is 117 g/mol. The van der Waals surface area contributed by atoms with Crippen LogP contribution in [-0.2, 0) is 0 Å². The molecule has 3 unspecified atom stereocenters. The van der Waals surface area contributed by atoms with Gasteiger partial charge in [0.1, 0.15) is 0 Å². The van der Waals surface area contributed by atoms with Crippen LogP contribution in [0.1, 0.15) is 0 Å². The quantitative estimate of drug-likeness (QED) is 0.458. The highest BCUT2D eigenvalue weighted by atomic mass is 31.1. The van der Waals surface area contributed by atoms with Crippen LogP contribution in [0.3, 0.4) is 0 Å². The Kier molecular flexibility index (Phi) is 4.38. The number of hydrogen-bond donors (Lipinski definition) is 0. The Balaban J connectivity index is 2.54. The molecule has 0 aromatic rings. The average Bonchev–Trinajstić information content (AvgIpc) is 1.38. The van der Waals surface area contributed by atoms with Crippen LogP contribution in [0.5, 0.6) is 0 Å². The fraction of sp³-hybridized carbons (Fsp3) is 1.00. The normalized spacial score (nSPS) is 9.60. The molecule has 0 aromatic carbocycles. The summed E-state index contributed by atoms with van der Waals surface area (Å²) < 4.78 is 0. The summed E-state index contributed by atoms with van der Waals surface area (Å²) in [4.78, 5) is 0. The summed E-state index contributed by atoms with van der Waals surface area (Å²) in [5, 5.41) is 0.681. The van der Waals surface area contributed by atoms with Crippen molar-refractivity contribution in [1.29, 1.82) is 0 Å². The van der Waals surface area contributed by atoms with E-state index < -0.39 is 0 Å². The molecule has 0 amide bonds. The minimum atomic E-state index is 0.681. The van der Waals surface area contributed by atoms with Crippen LogP contribution in [0.4, 0.5) is 0 Å². The monoisotopic (exact) mass is 126 g/mol. The Morgan fingerprint density at radius 2 is 1.60 bits per heavy atom. The van der Waals surface area contributed by atoms with E-state index in [2.05, 4.69) is 27.7 Å². The first kappa shape index (κ1) is 6.29. The molecular formula is C2H9P3. The molecule has 0 saturated heterocycles. The fourth-order valence-electron chi connectivity index (χ4n) is 0. The predicted molar refractivity (Wildman–Crippen MR) is 37.8 cm³/mol. The van der Waals surface area contributed by atoms with Gasteiger partial charge in [-0.2, -0.15) is 0 Å². The van der Waals surface area contributed by atoms with E-state index in [4.69, 9.17) is 0 Å². The molecule has 0 aromatic heterocycles. The van der Waals surface area contributed by atoms with Crippen LogP contribution in [0.25, 0.3) is 0 Å². The third kappa shape index (κ3) is 5.29. The van der Waals surface area contributed by atoms with Crippen molar-refractivity contribution in [3.05, 3.63) is 0 Å². The lowest BCUT2D eigenvalue weighted by molar-refractivity contribution is 1.46. The van der Waals surface area contributed by atoms with E-state index in [0.29, 0.717) is 5.40 Å². The molecule has 0 heterocycles. The van der Waals surface area contributed by atoms with Gasteiger partial charge in [0.05, 0.1) is 0 Å². The Bertz CT molecular complexity index is 18.9. The van der Waals surface area contributed by atoms with Gasteiger partial charge in [0.25, 0.3) is 0 Å². The van der Waals surface area contributed by atoms with Crippen molar-refractivity contribution < 1.29 is 0 Å². The van der Waals surface area contributed by atoms with Crippen LogP contribution < -0.4 is 0 Å². The highest BCUT2D eigenvalue weighted by Gasteiger charge is 1.80. The fourth-order valence-corrected chi connectivity index (χ4v) is 0. The first-order valence-electron chi connectivity index (χ1n) is 1.48. The van der Waals surface area contributed by atoms with Gasteiger partial charge in [0.2, 0.25) is 0 Å². The molecule has 0 aliphatic carbocycles. The summed E-state index contributed by atoms with van der Waals surface area (Å²) in [7, 11) is 8.00. The standard InChI is InChI=1S/C2H9P3/c3-1-2(4)5/h2H,1,3-5H2. The van der Waals surface area contributed by atoms with Crippen LogP contribution >= 0.6 is 27.7 Å². The summed E-state index contributed by atoms with van der Waals surface area (Å²) in [5.41, 5.74) is 0. The van der Waals surface area contributed by atoms with Crippen LogP contribution in [-0.4, -0.2) is 11.6 Å². The van der Waals surface area contributed by atoms with Crippen molar-refractivity contribution in [1.82, 2.24) is 0 Å². The molecule has 0 fully saturated rings. The predicted octanol–water partition coefficient (Wildman–Crippen LogP) is 0.938. The van der Waals surface area contributed by atoms with Gasteiger partial charge in [-0.05, 0) is 11.6 Å².